The molecular formula is C10H17N3O. The van der Waals surface area contributed by atoms with E-state index < -0.39 is 0 Å². The molecule has 4 nitrogen and oxygen atoms in total. The van der Waals surface area contributed by atoms with Crippen LogP contribution >= 0.6 is 0 Å². The molecule has 1 heterocycles. The van der Waals surface area contributed by atoms with Gasteiger partial charge in [0.05, 0.1) is 17.6 Å². The van der Waals surface area contributed by atoms with Gasteiger partial charge in [0.1, 0.15) is 0 Å². The van der Waals surface area contributed by atoms with E-state index >= 15 is 0 Å². The van der Waals surface area contributed by atoms with Crippen molar-refractivity contribution in [3.05, 3.63) is 18.5 Å². The second-order valence-electron chi connectivity index (χ2n) is 4.14. The average molecular weight is 195 g/mol. The number of aliphatic hydroxyl groups is 1. The maximum Gasteiger partial charge on any atom is 0.0736 e. The minimum absolute atomic E-state index is 0.143. The van der Waals surface area contributed by atoms with Crippen molar-refractivity contribution in [3.63, 3.8) is 0 Å². The molecule has 0 bridgehead atoms. The van der Waals surface area contributed by atoms with Gasteiger partial charge in [0, 0.05) is 24.8 Å². The van der Waals surface area contributed by atoms with Gasteiger partial charge in [-0.2, -0.15) is 0 Å². The number of hydrogen-bond donors (Lipinski definition) is 3. The van der Waals surface area contributed by atoms with Crippen LogP contribution in [0.15, 0.2) is 18.5 Å². The highest BCUT2D eigenvalue weighted by molar-refractivity contribution is 5.64. The molecule has 0 saturated heterocycles. The van der Waals surface area contributed by atoms with Crippen molar-refractivity contribution in [2.24, 2.45) is 5.41 Å². The van der Waals surface area contributed by atoms with Gasteiger partial charge in [0.25, 0.3) is 0 Å². The third-order valence-corrected chi connectivity index (χ3v) is 2.04. The van der Waals surface area contributed by atoms with Crippen LogP contribution in [0, 0.1) is 5.41 Å². The predicted octanol–water partition coefficient (Wildman–Crippen LogP) is 1.09. The Balaban J connectivity index is 2.58. The number of nitrogen functional groups attached to an aromatic ring is 1. The number of nitrogens with two attached hydrogens (primary N) is 1. The highest BCUT2D eigenvalue weighted by Crippen LogP contribution is 2.19. The average Bonchev–Trinajstić information content (AvgIpc) is 2.17. The first-order chi connectivity index (χ1) is 6.55. The zero-order valence-electron chi connectivity index (χ0n) is 8.62. The Morgan fingerprint density at radius 1 is 1.57 bits per heavy atom. The highest BCUT2D eigenvalue weighted by atomic mass is 16.3. The summed E-state index contributed by atoms with van der Waals surface area (Å²) >= 11 is 0. The second-order valence-corrected chi connectivity index (χ2v) is 4.14. The van der Waals surface area contributed by atoms with Crippen molar-refractivity contribution in [1.82, 2.24) is 4.98 Å². The van der Waals surface area contributed by atoms with E-state index in [2.05, 4.69) is 10.3 Å². The first-order valence-corrected chi connectivity index (χ1v) is 4.59. The van der Waals surface area contributed by atoms with Crippen LogP contribution in [0.5, 0.6) is 0 Å². The monoisotopic (exact) mass is 195 g/mol. The molecule has 1 rings (SSSR count). The number of nitrogens with zero attached hydrogens (tertiary/aromatic N) is 1. The molecule has 1 aromatic rings. The minimum atomic E-state index is -0.143. The van der Waals surface area contributed by atoms with Crippen LogP contribution in [0.3, 0.4) is 0 Å². The van der Waals surface area contributed by atoms with E-state index in [9.17, 15) is 0 Å². The van der Waals surface area contributed by atoms with E-state index in [0.29, 0.717) is 12.2 Å². The molecule has 0 atom stereocenters. The summed E-state index contributed by atoms with van der Waals surface area (Å²) in [4.78, 5) is 3.90. The second kappa shape index (κ2) is 4.28. The van der Waals surface area contributed by atoms with E-state index in [1.807, 2.05) is 19.9 Å². The fraction of sp³-hybridized carbons (Fsp3) is 0.500. The normalized spacial score (nSPS) is 11.4. The van der Waals surface area contributed by atoms with E-state index in [1.54, 1.807) is 12.4 Å². The third kappa shape index (κ3) is 2.88. The molecule has 0 aliphatic rings. The zero-order valence-corrected chi connectivity index (χ0v) is 8.62. The molecule has 78 valence electrons. The number of pyridine rings is 1. The van der Waals surface area contributed by atoms with Gasteiger partial charge in [-0.15, -0.1) is 0 Å². The Hall–Kier alpha value is -1.29. The van der Waals surface area contributed by atoms with Crippen molar-refractivity contribution in [2.75, 3.05) is 24.2 Å². The lowest BCUT2D eigenvalue weighted by Crippen LogP contribution is -2.27. The smallest absolute Gasteiger partial charge is 0.0736 e. The fourth-order valence-electron chi connectivity index (χ4n) is 0.958. The van der Waals surface area contributed by atoms with Crippen molar-refractivity contribution in [3.8, 4) is 0 Å². The van der Waals surface area contributed by atoms with Crippen LogP contribution in [-0.4, -0.2) is 23.2 Å². The molecule has 0 saturated carbocycles. The maximum atomic E-state index is 9.06. The summed E-state index contributed by atoms with van der Waals surface area (Å²) in [6, 6.07) is 1.82. The van der Waals surface area contributed by atoms with Crippen LogP contribution in [0.2, 0.25) is 0 Å². The van der Waals surface area contributed by atoms with Gasteiger partial charge in [-0.1, -0.05) is 13.8 Å². The lowest BCUT2D eigenvalue weighted by Gasteiger charge is -2.22. The van der Waals surface area contributed by atoms with Crippen LogP contribution in [-0.2, 0) is 0 Å². The van der Waals surface area contributed by atoms with Gasteiger partial charge in [-0.05, 0) is 6.07 Å². The number of rotatable bonds is 4. The first-order valence-electron chi connectivity index (χ1n) is 4.59. The third-order valence-electron chi connectivity index (χ3n) is 2.04. The number of nitrogens with one attached hydrogen (secondary N) is 1. The van der Waals surface area contributed by atoms with Crippen molar-refractivity contribution >= 4 is 11.4 Å². The number of aliphatic hydroxyl groups excluding tert-OH is 1. The summed E-state index contributed by atoms with van der Waals surface area (Å²) in [5.74, 6) is 0. The first kappa shape index (κ1) is 10.8. The number of hydrogen-bond acceptors (Lipinski definition) is 4. The molecule has 0 spiro atoms. The number of anilines is 2. The van der Waals surface area contributed by atoms with Gasteiger partial charge in [0.2, 0.25) is 0 Å². The van der Waals surface area contributed by atoms with Gasteiger partial charge in [0.15, 0.2) is 0 Å². The van der Waals surface area contributed by atoms with E-state index in [0.717, 1.165) is 5.69 Å². The molecule has 0 fully saturated rings. The van der Waals surface area contributed by atoms with Crippen LogP contribution in [0.4, 0.5) is 11.4 Å². The van der Waals surface area contributed by atoms with Gasteiger partial charge >= 0.3 is 0 Å². The van der Waals surface area contributed by atoms with Crippen LogP contribution in [0.1, 0.15) is 13.8 Å². The van der Waals surface area contributed by atoms with Gasteiger partial charge in [-0.25, -0.2) is 0 Å². The summed E-state index contributed by atoms with van der Waals surface area (Å²) in [6.45, 7) is 4.79. The van der Waals surface area contributed by atoms with Gasteiger partial charge < -0.3 is 16.2 Å². The molecule has 0 aliphatic heterocycles. The molecular weight excluding hydrogens is 178 g/mol. The van der Waals surface area contributed by atoms with E-state index in [-0.39, 0.29) is 12.0 Å². The van der Waals surface area contributed by atoms with Crippen LogP contribution < -0.4 is 11.1 Å². The molecule has 14 heavy (non-hydrogen) atoms. The van der Waals surface area contributed by atoms with Crippen molar-refractivity contribution in [1.29, 1.82) is 0 Å². The SMILES string of the molecule is CC(C)(CO)CNc1ccncc1N. The molecule has 0 amide bonds. The van der Waals surface area contributed by atoms with E-state index in [4.69, 9.17) is 10.8 Å². The standard InChI is InChI=1S/C10H17N3O/c1-10(2,7-14)6-13-9-3-4-12-5-8(9)11/h3-5,14H,6-7,11H2,1-2H3,(H,12,13). The molecule has 0 radical (unpaired) electrons. The Labute approximate surface area is 84.2 Å². The topological polar surface area (TPSA) is 71.2 Å². The molecule has 1 aromatic heterocycles. The predicted molar refractivity (Wildman–Crippen MR) is 58.0 cm³/mol. The van der Waals surface area contributed by atoms with Crippen molar-refractivity contribution < 1.29 is 5.11 Å². The summed E-state index contributed by atoms with van der Waals surface area (Å²) in [7, 11) is 0. The fourth-order valence-corrected chi connectivity index (χ4v) is 0.958. The Kier molecular flexibility index (Phi) is 3.30. The Bertz CT molecular complexity index is 299. The highest BCUT2D eigenvalue weighted by Gasteiger charge is 2.16. The summed E-state index contributed by atoms with van der Waals surface area (Å²) < 4.78 is 0. The molecule has 0 aromatic carbocycles. The molecule has 4 heteroatoms. The van der Waals surface area contributed by atoms with E-state index in [1.165, 1.54) is 0 Å². The number of aromatic nitrogens is 1. The zero-order chi connectivity index (χ0) is 10.6. The van der Waals surface area contributed by atoms with Gasteiger partial charge in [-0.3, -0.25) is 4.98 Å². The minimum Gasteiger partial charge on any atom is -0.396 e. The Morgan fingerprint density at radius 2 is 2.29 bits per heavy atom. The summed E-state index contributed by atoms with van der Waals surface area (Å²) in [5.41, 5.74) is 7.05. The largest absolute Gasteiger partial charge is 0.396 e. The molecule has 4 N–H and O–H groups in total. The lowest BCUT2D eigenvalue weighted by molar-refractivity contribution is 0.171. The maximum absolute atomic E-state index is 9.06. The lowest BCUT2D eigenvalue weighted by atomic mass is 9.95. The Morgan fingerprint density at radius 3 is 2.86 bits per heavy atom. The van der Waals surface area contributed by atoms with Crippen LogP contribution in [0.25, 0.3) is 0 Å². The quantitative estimate of drug-likeness (QED) is 0.672. The molecule has 0 unspecified atom stereocenters. The van der Waals surface area contributed by atoms with Crippen molar-refractivity contribution in [2.45, 2.75) is 13.8 Å². The summed E-state index contributed by atoms with van der Waals surface area (Å²) in [5, 5.41) is 12.2. The molecule has 0 aliphatic carbocycles. The summed E-state index contributed by atoms with van der Waals surface area (Å²) in [6.07, 6.45) is 3.29.